The highest BCUT2D eigenvalue weighted by Gasteiger charge is 2.38. The molecule has 21 heavy (non-hydrogen) atoms. The van der Waals surface area contributed by atoms with E-state index in [4.69, 9.17) is 4.74 Å². The molecule has 2 unspecified atom stereocenters. The Kier molecular flexibility index (Phi) is 4.90. The zero-order chi connectivity index (χ0) is 14.7. The van der Waals surface area contributed by atoms with Crippen molar-refractivity contribution in [3.8, 4) is 0 Å². The molecule has 6 heteroatoms. The molecular formula is C15H23N3O2S. The molecule has 1 N–H and O–H groups in total. The first-order valence-corrected chi connectivity index (χ1v) is 8.62. The Labute approximate surface area is 129 Å². The van der Waals surface area contributed by atoms with Crippen LogP contribution in [-0.2, 0) is 9.53 Å². The number of morpholine rings is 1. The third-order valence-corrected chi connectivity index (χ3v) is 4.98. The van der Waals surface area contributed by atoms with Crippen molar-refractivity contribution in [3.63, 3.8) is 0 Å². The van der Waals surface area contributed by atoms with Crippen LogP contribution in [-0.4, -0.2) is 61.1 Å². The van der Waals surface area contributed by atoms with Crippen molar-refractivity contribution in [2.24, 2.45) is 0 Å². The van der Waals surface area contributed by atoms with Crippen molar-refractivity contribution in [1.29, 1.82) is 0 Å². The van der Waals surface area contributed by atoms with Crippen LogP contribution in [0.2, 0.25) is 0 Å². The summed E-state index contributed by atoms with van der Waals surface area (Å²) in [5.41, 5.74) is 1.20. The number of thiophene rings is 1. The van der Waals surface area contributed by atoms with Crippen LogP contribution < -0.4 is 5.32 Å². The van der Waals surface area contributed by atoms with Crippen LogP contribution in [0.4, 0.5) is 0 Å². The molecule has 2 atom stereocenters. The van der Waals surface area contributed by atoms with E-state index in [1.54, 1.807) is 11.3 Å². The quantitative estimate of drug-likeness (QED) is 0.890. The Bertz CT molecular complexity index is 459. The highest BCUT2D eigenvalue weighted by molar-refractivity contribution is 7.07. The van der Waals surface area contributed by atoms with Gasteiger partial charge >= 0.3 is 0 Å². The Morgan fingerprint density at radius 2 is 2.19 bits per heavy atom. The molecular weight excluding hydrogens is 286 g/mol. The van der Waals surface area contributed by atoms with Crippen LogP contribution in [0.3, 0.4) is 0 Å². The lowest BCUT2D eigenvalue weighted by Crippen LogP contribution is -2.43. The van der Waals surface area contributed by atoms with E-state index >= 15 is 0 Å². The van der Waals surface area contributed by atoms with Gasteiger partial charge in [0.05, 0.1) is 19.3 Å². The molecule has 1 amide bonds. The molecule has 0 spiro atoms. The van der Waals surface area contributed by atoms with Crippen LogP contribution in [0.5, 0.6) is 0 Å². The lowest BCUT2D eigenvalue weighted by Gasteiger charge is -2.30. The van der Waals surface area contributed by atoms with Gasteiger partial charge in [0.1, 0.15) is 6.17 Å². The summed E-state index contributed by atoms with van der Waals surface area (Å²) in [5, 5.41) is 7.67. The SMILES string of the molecule is CCC1NC(c2ccsc2)N(CCN2CCOCC2)C1=O. The van der Waals surface area contributed by atoms with Crippen LogP contribution in [0.25, 0.3) is 0 Å². The first-order chi connectivity index (χ1) is 10.3. The van der Waals surface area contributed by atoms with Gasteiger partial charge in [-0.3, -0.25) is 15.0 Å². The van der Waals surface area contributed by atoms with E-state index in [-0.39, 0.29) is 18.1 Å². The van der Waals surface area contributed by atoms with Crippen LogP contribution in [0.1, 0.15) is 25.1 Å². The summed E-state index contributed by atoms with van der Waals surface area (Å²) in [4.78, 5) is 16.9. The van der Waals surface area contributed by atoms with Gasteiger partial charge in [-0.15, -0.1) is 0 Å². The smallest absolute Gasteiger partial charge is 0.241 e. The first-order valence-electron chi connectivity index (χ1n) is 7.68. The van der Waals surface area contributed by atoms with E-state index < -0.39 is 0 Å². The number of carbonyl (C=O) groups is 1. The molecule has 5 nitrogen and oxygen atoms in total. The fourth-order valence-electron chi connectivity index (χ4n) is 2.99. The largest absolute Gasteiger partial charge is 0.379 e. The van der Waals surface area contributed by atoms with E-state index in [1.165, 1.54) is 5.56 Å². The van der Waals surface area contributed by atoms with Crippen molar-refractivity contribution in [1.82, 2.24) is 15.1 Å². The predicted octanol–water partition coefficient (Wildman–Crippen LogP) is 1.29. The number of nitrogens with zero attached hydrogens (tertiary/aromatic N) is 2. The number of hydrogen-bond acceptors (Lipinski definition) is 5. The maximum absolute atomic E-state index is 12.5. The van der Waals surface area contributed by atoms with Crippen LogP contribution >= 0.6 is 11.3 Å². The molecule has 0 aromatic carbocycles. The molecule has 2 saturated heterocycles. The lowest BCUT2D eigenvalue weighted by molar-refractivity contribution is -0.130. The summed E-state index contributed by atoms with van der Waals surface area (Å²) in [6.45, 7) is 7.31. The second-order valence-corrected chi connectivity index (χ2v) is 6.35. The molecule has 2 aliphatic heterocycles. The summed E-state index contributed by atoms with van der Waals surface area (Å²) in [6.07, 6.45) is 0.878. The predicted molar refractivity (Wildman–Crippen MR) is 83.2 cm³/mol. The zero-order valence-corrected chi connectivity index (χ0v) is 13.3. The summed E-state index contributed by atoms with van der Waals surface area (Å²) < 4.78 is 5.37. The highest BCUT2D eigenvalue weighted by Crippen LogP contribution is 2.27. The summed E-state index contributed by atoms with van der Waals surface area (Å²) in [5.74, 6) is 0.238. The maximum Gasteiger partial charge on any atom is 0.241 e. The normalized spacial score (nSPS) is 27.5. The topological polar surface area (TPSA) is 44.8 Å². The van der Waals surface area contributed by atoms with Crippen molar-refractivity contribution in [2.45, 2.75) is 25.6 Å². The zero-order valence-electron chi connectivity index (χ0n) is 12.5. The number of nitrogens with one attached hydrogen (secondary N) is 1. The van der Waals surface area contributed by atoms with E-state index in [0.29, 0.717) is 0 Å². The molecule has 2 aliphatic rings. The van der Waals surface area contributed by atoms with Crippen molar-refractivity contribution < 1.29 is 9.53 Å². The molecule has 1 aromatic heterocycles. The number of hydrogen-bond donors (Lipinski definition) is 1. The fourth-order valence-corrected chi connectivity index (χ4v) is 3.67. The molecule has 0 bridgehead atoms. The molecule has 0 aliphatic carbocycles. The Morgan fingerprint density at radius 3 is 2.86 bits per heavy atom. The van der Waals surface area contributed by atoms with Gasteiger partial charge in [-0.05, 0) is 28.8 Å². The standard InChI is InChI=1S/C15H23N3O2S/c1-2-13-15(19)18(5-4-17-6-8-20-9-7-17)14(16-13)12-3-10-21-11-12/h3,10-11,13-14,16H,2,4-9H2,1H3. The van der Waals surface area contributed by atoms with Gasteiger partial charge in [0.2, 0.25) is 5.91 Å². The second-order valence-electron chi connectivity index (χ2n) is 5.57. The maximum atomic E-state index is 12.5. The fraction of sp³-hybridized carbons (Fsp3) is 0.667. The van der Waals surface area contributed by atoms with Crippen LogP contribution in [0, 0.1) is 0 Å². The van der Waals surface area contributed by atoms with Gasteiger partial charge in [-0.2, -0.15) is 11.3 Å². The average molecular weight is 309 g/mol. The van der Waals surface area contributed by atoms with Crippen molar-refractivity contribution >= 4 is 17.2 Å². The molecule has 1 aromatic rings. The molecule has 0 saturated carbocycles. The van der Waals surface area contributed by atoms with Gasteiger partial charge in [0.15, 0.2) is 0 Å². The Hall–Kier alpha value is -0.950. The summed E-state index contributed by atoms with van der Waals surface area (Å²) in [7, 11) is 0. The van der Waals surface area contributed by atoms with E-state index in [2.05, 4.69) is 34.0 Å². The number of rotatable bonds is 5. The lowest BCUT2D eigenvalue weighted by atomic mass is 10.2. The Morgan fingerprint density at radius 1 is 1.38 bits per heavy atom. The number of carbonyl (C=O) groups excluding carboxylic acids is 1. The summed E-state index contributed by atoms with van der Waals surface area (Å²) in [6, 6.07) is 2.06. The van der Waals surface area contributed by atoms with E-state index in [9.17, 15) is 4.79 Å². The minimum atomic E-state index is -0.0420. The molecule has 3 heterocycles. The van der Waals surface area contributed by atoms with Gasteiger partial charge in [0, 0.05) is 26.2 Å². The molecule has 2 fully saturated rings. The molecule has 116 valence electrons. The minimum absolute atomic E-state index is 0.0368. The minimum Gasteiger partial charge on any atom is -0.379 e. The average Bonchev–Trinajstić information content (AvgIpc) is 3.14. The highest BCUT2D eigenvalue weighted by atomic mass is 32.1. The number of amides is 1. The van der Waals surface area contributed by atoms with Crippen molar-refractivity contribution in [2.75, 3.05) is 39.4 Å². The van der Waals surface area contributed by atoms with Gasteiger partial charge in [-0.1, -0.05) is 6.92 Å². The van der Waals surface area contributed by atoms with Gasteiger partial charge < -0.3 is 9.64 Å². The number of ether oxygens (including phenoxy) is 1. The summed E-state index contributed by atoms with van der Waals surface area (Å²) >= 11 is 1.68. The van der Waals surface area contributed by atoms with Gasteiger partial charge in [-0.25, -0.2) is 0 Å². The third-order valence-electron chi connectivity index (χ3n) is 4.28. The molecule has 0 radical (unpaired) electrons. The monoisotopic (exact) mass is 309 g/mol. The third kappa shape index (κ3) is 3.29. The second kappa shape index (κ2) is 6.87. The van der Waals surface area contributed by atoms with Gasteiger partial charge in [0.25, 0.3) is 0 Å². The van der Waals surface area contributed by atoms with Crippen LogP contribution in [0.15, 0.2) is 16.8 Å². The first kappa shape index (κ1) is 15.0. The Balaban J connectivity index is 1.65. The van der Waals surface area contributed by atoms with Crippen molar-refractivity contribution in [3.05, 3.63) is 22.4 Å². The van der Waals surface area contributed by atoms with E-state index in [0.717, 1.165) is 45.8 Å². The van der Waals surface area contributed by atoms with E-state index in [1.807, 2.05) is 4.90 Å². The molecule has 3 rings (SSSR count).